The normalized spacial score (nSPS) is 12.5. The molecule has 7 aromatic carbocycles. The molecule has 6 heteroatoms. The van der Waals surface area contributed by atoms with Crippen LogP contribution in [0, 0.1) is 34.5 Å². The van der Waals surface area contributed by atoms with E-state index in [1.807, 2.05) is 73.0 Å². The highest BCUT2D eigenvalue weighted by atomic mass is 19.1. The zero-order valence-electron chi connectivity index (χ0n) is 20.8. The number of halogens is 2. The zero-order valence-corrected chi connectivity index (χ0v) is 20.8. The maximum atomic E-state index is 13.9. The van der Waals surface area contributed by atoms with Crippen LogP contribution in [0.2, 0.25) is 0 Å². The molecule has 0 bridgehead atoms. The van der Waals surface area contributed by atoms with Crippen LogP contribution in [0.1, 0.15) is 0 Å². The second-order valence-electron chi connectivity index (χ2n) is 9.61. The van der Waals surface area contributed by atoms with Crippen LogP contribution < -0.4 is 10.7 Å². The molecule has 7 aromatic rings. The summed E-state index contributed by atoms with van der Waals surface area (Å²) in [6.07, 6.45) is 3.87. The van der Waals surface area contributed by atoms with E-state index in [-0.39, 0.29) is 11.6 Å². The first-order valence-electron chi connectivity index (χ1n) is 12.5. The topological polar surface area (TPSA) is 72.3 Å². The molecule has 0 radical (unpaired) electrons. The van der Waals surface area contributed by atoms with E-state index >= 15 is 0 Å². The summed E-state index contributed by atoms with van der Waals surface area (Å²) >= 11 is 0. The Morgan fingerprint density at radius 2 is 0.825 bits per heavy atom. The zero-order chi connectivity index (χ0) is 27.4. The first kappa shape index (κ1) is 23.4. The fourth-order valence-corrected chi connectivity index (χ4v) is 5.71. The maximum absolute atomic E-state index is 13.9. The largest absolute Gasteiger partial charge is 0.207 e. The van der Waals surface area contributed by atoms with E-state index in [4.69, 9.17) is 0 Å². The number of nitriles is 2. The van der Waals surface area contributed by atoms with Crippen molar-refractivity contribution in [2.45, 2.75) is 0 Å². The highest BCUT2D eigenvalue weighted by Crippen LogP contribution is 2.35. The van der Waals surface area contributed by atoms with Crippen LogP contribution >= 0.6 is 0 Å². The van der Waals surface area contributed by atoms with Gasteiger partial charge < -0.3 is 0 Å². The average Bonchev–Trinajstić information content (AvgIpc) is 3.43. The van der Waals surface area contributed by atoms with E-state index in [2.05, 4.69) is 9.98 Å². The first-order valence-corrected chi connectivity index (χ1v) is 12.5. The van der Waals surface area contributed by atoms with E-state index in [9.17, 15) is 19.3 Å². The lowest BCUT2D eigenvalue weighted by molar-refractivity contribution is 0.628. The van der Waals surface area contributed by atoms with Gasteiger partial charge in [0.2, 0.25) is 12.4 Å². The van der Waals surface area contributed by atoms with E-state index in [0.717, 1.165) is 65.3 Å². The third-order valence-electron chi connectivity index (χ3n) is 7.44. The minimum Gasteiger partial charge on any atom is -0.207 e. The molecule has 7 rings (SSSR count). The van der Waals surface area contributed by atoms with Gasteiger partial charge in [-0.05, 0) is 92.3 Å². The Morgan fingerprint density at radius 1 is 0.425 bits per heavy atom. The van der Waals surface area contributed by atoms with Gasteiger partial charge in [0.1, 0.15) is 11.6 Å². The predicted octanol–water partition coefficient (Wildman–Crippen LogP) is 7.55. The van der Waals surface area contributed by atoms with Gasteiger partial charge in [0.25, 0.3) is 0 Å². The van der Waals surface area contributed by atoms with Gasteiger partial charge in [0.15, 0.2) is 0 Å². The number of hydrogen-bond donors (Lipinski definition) is 0. The first-order chi connectivity index (χ1) is 19.6. The van der Waals surface area contributed by atoms with Crippen LogP contribution in [-0.2, 0) is 0 Å². The molecule has 0 amide bonds. The van der Waals surface area contributed by atoms with Crippen LogP contribution in [0.5, 0.6) is 0 Å². The summed E-state index contributed by atoms with van der Waals surface area (Å²) < 4.78 is 27.8. The van der Waals surface area contributed by atoms with Crippen molar-refractivity contribution in [1.29, 1.82) is 10.5 Å². The Labute approximate surface area is 226 Å². The molecular weight excluding hydrogens is 502 g/mol. The van der Waals surface area contributed by atoms with Crippen LogP contribution in [0.3, 0.4) is 0 Å². The van der Waals surface area contributed by atoms with Gasteiger partial charge in [0.05, 0.1) is 10.7 Å². The molecule has 4 nitrogen and oxygen atoms in total. The fraction of sp³-hybridized carbons (Fsp3) is 0. The molecule has 0 aliphatic carbocycles. The molecule has 0 N–H and O–H groups in total. The number of hydrogen-bond acceptors (Lipinski definition) is 4. The highest BCUT2D eigenvalue weighted by Gasteiger charge is 2.16. The van der Waals surface area contributed by atoms with Crippen molar-refractivity contribution in [1.82, 2.24) is 0 Å². The highest BCUT2D eigenvalue weighted by molar-refractivity contribution is 6.21. The third kappa shape index (κ3) is 3.55. The fourth-order valence-electron chi connectivity index (χ4n) is 5.71. The summed E-state index contributed by atoms with van der Waals surface area (Å²) in [5, 5.41) is 26.9. The lowest BCUT2D eigenvalue weighted by Gasteiger charge is -2.02. The summed E-state index contributed by atoms with van der Waals surface area (Å²) in [5.74, 6) is -0.653. The van der Waals surface area contributed by atoms with Crippen LogP contribution in [0.15, 0.2) is 107 Å². The Bertz CT molecular complexity index is 2210. The Kier molecular flexibility index (Phi) is 5.23. The van der Waals surface area contributed by atoms with Gasteiger partial charge in [-0.1, -0.05) is 48.5 Å². The van der Waals surface area contributed by atoms with Crippen molar-refractivity contribution in [3.8, 4) is 34.6 Å². The Balaban J connectivity index is 1.56. The minimum atomic E-state index is -0.327. The van der Waals surface area contributed by atoms with Crippen molar-refractivity contribution in [3.63, 3.8) is 0 Å². The lowest BCUT2D eigenvalue weighted by atomic mass is 10.0. The Hall–Kier alpha value is -5.72. The van der Waals surface area contributed by atoms with Gasteiger partial charge in [-0.15, -0.1) is 0 Å². The molecule has 0 fully saturated rings. The number of fused-ring (bicyclic) bond motifs is 6. The van der Waals surface area contributed by atoms with Gasteiger partial charge in [-0.2, -0.15) is 20.5 Å². The van der Waals surface area contributed by atoms with Crippen LogP contribution in [0.4, 0.5) is 8.78 Å². The van der Waals surface area contributed by atoms with Crippen molar-refractivity contribution < 1.29 is 8.78 Å². The van der Waals surface area contributed by atoms with E-state index in [0.29, 0.717) is 10.7 Å². The standard InChI is InChI=1S/C34H16F2N4/c35-23-5-1-3-19(11-23)21-7-9-25-27-15-32-28(16-31(27)33(39-17-37)29(25)13-21)26-10-8-22(14-30(26)34(32)40-18-38)20-4-2-6-24(36)12-20/h1-16H/b39-33+,40-34+. The molecule has 0 aliphatic heterocycles. The van der Waals surface area contributed by atoms with Crippen molar-refractivity contribution in [3.05, 3.63) is 119 Å². The van der Waals surface area contributed by atoms with Crippen molar-refractivity contribution in [2.75, 3.05) is 0 Å². The molecular formula is C34H16F2N4. The monoisotopic (exact) mass is 518 g/mol. The molecule has 0 saturated heterocycles. The quantitative estimate of drug-likeness (QED) is 0.222. The molecule has 0 heterocycles. The molecule has 0 aromatic heterocycles. The van der Waals surface area contributed by atoms with E-state index in [1.54, 1.807) is 12.1 Å². The lowest BCUT2D eigenvalue weighted by Crippen LogP contribution is -1.99. The molecule has 0 saturated carbocycles. The summed E-state index contributed by atoms with van der Waals surface area (Å²) in [4.78, 5) is 8.38. The number of benzene rings is 5. The van der Waals surface area contributed by atoms with Crippen LogP contribution in [-0.4, -0.2) is 0 Å². The number of rotatable bonds is 2. The van der Waals surface area contributed by atoms with Crippen LogP contribution in [0.25, 0.3) is 65.3 Å². The third-order valence-corrected chi connectivity index (χ3v) is 7.44. The number of nitrogens with zero attached hydrogens (tertiary/aromatic N) is 4. The maximum Gasteiger partial charge on any atom is 0.206 e. The predicted molar refractivity (Wildman–Crippen MR) is 152 cm³/mol. The van der Waals surface area contributed by atoms with Gasteiger partial charge in [-0.3, -0.25) is 0 Å². The minimum absolute atomic E-state index is 0.327. The molecule has 0 spiro atoms. The van der Waals surface area contributed by atoms with Crippen molar-refractivity contribution >= 4 is 43.1 Å². The summed E-state index contributed by atoms with van der Waals surface area (Å²) in [5.41, 5.74) is 3.07. The smallest absolute Gasteiger partial charge is 0.206 e. The second-order valence-corrected chi connectivity index (χ2v) is 9.61. The summed E-state index contributed by atoms with van der Waals surface area (Å²) in [6.45, 7) is 0. The second kappa shape index (κ2) is 8.94. The molecule has 0 atom stereocenters. The Morgan fingerprint density at radius 3 is 1.23 bits per heavy atom. The average molecular weight is 519 g/mol. The van der Waals surface area contributed by atoms with E-state index in [1.165, 1.54) is 24.3 Å². The molecule has 40 heavy (non-hydrogen) atoms. The SMILES string of the molecule is N#C/N=c1\c2cc(-c3cccc(F)c3)ccc2c2cc3/c(=N/C#N)c4cc(-c5cccc(F)c5)ccc4c3cc12. The molecule has 186 valence electrons. The van der Waals surface area contributed by atoms with Crippen molar-refractivity contribution in [2.24, 2.45) is 9.98 Å². The van der Waals surface area contributed by atoms with E-state index < -0.39 is 0 Å². The molecule has 0 aliphatic rings. The van der Waals surface area contributed by atoms with Gasteiger partial charge in [-0.25, -0.2) is 8.78 Å². The molecule has 0 unspecified atom stereocenters. The van der Waals surface area contributed by atoms with Gasteiger partial charge in [0, 0.05) is 21.5 Å². The summed E-state index contributed by atoms with van der Waals surface area (Å²) in [6, 6.07) is 28.3. The summed E-state index contributed by atoms with van der Waals surface area (Å²) in [7, 11) is 0. The van der Waals surface area contributed by atoms with Gasteiger partial charge >= 0.3 is 0 Å².